The molecule has 0 spiro atoms. The third-order valence-electron chi connectivity index (χ3n) is 2.81. The summed E-state index contributed by atoms with van der Waals surface area (Å²) in [7, 11) is 0. The summed E-state index contributed by atoms with van der Waals surface area (Å²) in [6.07, 6.45) is 6.70. The van der Waals surface area contributed by atoms with Crippen molar-refractivity contribution >= 4 is 0 Å². The van der Waals surface area contributed by atoms with Crippen LogP contribution in [0.4, 0.5) is 0 Å². The van der Waals surface area contributed by atoms with Crippen molar-refractivity contribution in [2.45, 2.75) is 44.2 Å². The topological polar surface area (TPSA) is 27.0 Å². The summed E-state index contributed by atoms with van der Waals surface area (Å²) in [5, 5.41) is 8.59. The standard InChI is InChI=1S/C9H14N2/c10-6-7-11(9-4-5-9)8-2-1-3-8/h8-9H,1-5,7H2. The van der Waals surface area contributed by atoms with E-state index < -0.39 is 0 Å². The molecule has 0 aromatic heterocycles. The van der Waals surface area contributed by atoms with Gasteiger partial charge in [0.25, 0.3) is 0 Å². The van der Waals surface area contributed by atoms with E-state index in [4.69, 9.17) is 5.26 Å². The van der Waals surface area contributed by atoms with Crippen LogP contribution in [-0.2, 0) is 0 Å². The van der Waals surface area contributed by atoms with E-state index >= 15 is 0 Å². The van der Waals surface area contributed by atoms with Crippen LogP contribution in [0.3, 0.4) is 0 Å². The fourth-order valence-electron chi connectivity index (χ4n) is 1.76. The zero-order valence-electron chi connectivity index (χ0n) is 6.79. The molecular weight excluding hydrogens is 136 g/mol. The SMILES string of the molecule is N#CCN(C1CCC1)C1CC1. The summed E-state index contributed by atoms with van der Waals surface area (Å²) in [6, 6.07) is 3.81. The first kappa shape index (κ1) is 7.12. The Balaban J connectivity index is 1.87. The molecule has 0 aromatic carbocycles. The molecule has 2 heteroatoms. The van der Waals surface area contributed by atoms with Gasteiger partial charge in [-0.1, -0.05) is 6.42 Å². The van der Waals surface area contributed by atoms with Crippen molar-refractivity contribution in [1.82, 2.24) is 4.90 Å². The minimum Gasteiger partial charge on any atom is -0.285 e. The highest BCUT2D eigenvalue weighted by Gasteiger charge is 2.35. The van der Waals surface area contributed by atoms with Gasteiger partial charge < -0.3 is 0 Å². The molecule has 2 rings (SSSR count). The lowest BCUT2D eigenvalue weighted by Crippen LogP contribution is -2.41. The largest absolute Gasteiger partial charge is 0.285 e. The highest BCUT2D eigenvalue weighted by Crippen LogP contribution is 2.34. The number of rotatable bonds is 3. The van der Waals surface area contributed by atoms with Crippen LogP contribution >= 0.6 is 0 Å². The zero-order valence-corrected chi connectivity index (χ0v) is 6.79. The van der Waals surface area contributed by atoms with Crippen molar-refractivity contribution in [1.29, 1.82) is 5.26 Å². The van der Waals surface area contributed by atoms with Gasteiger partial charge in [-0.05, 0) is 25.7 Å². The third-order valence-corrected chi connectivity index (χ3v) is 2.81. The van der Waals surface area contributed by atoms with E-state index in [0.29, 0.717) is 6.54 Å². The molecule has 0 heterocycles. The van der Waals surface area contributed by atoms with Gasteiger partial charge in [-0.15, -0.1) is 0 Å². The maximum atomic E-state index is 8.59. The number of hydrogen-bond donors (Lipinski definition) is 0. The van der Waals surface area contributed by atoms with E-state index in [9.17, 15) is 0 Å². The van der Waals surface area contributed by atoms with Crippen molar-refractivity contribution in [3.63, 3.8) is 0 Å². The molecule has 60 valence electrons. The van der Waals surface area contributed by atoms with Gasteiger partial charge in [-0.25, -0.2) is 0 Å². The molecule has 0 atom stereocenters. The van der Waals surface area contributed by atoms with Crippen LogP contribution in [0, 0.1) is 11.3 Å². The Kier molecular flexibility index (Phi) is 1.83. The monoisotopic (exact) mass is 150 g/mol. The van der Waals surface area contributed by atoms with Crippen molar-refractivity contribution in [3.05, 3.63) is 0 Å². The Bertz CT molecular complexity index is 174. The number of nitriles is 1. The van der Waals surface area contributed by atoms with Gasteiger partial charge in [-0.3, -0.25) is 4.90 Å². The molecule has 0 saturated heterocycles. The van der Waals surface area contributed by atoms with Gasteiger partial charge in [-0.2, -0.15) is 5.26 Å². The van der Waals surface area contributed by atoms with Crippen LogP contribution in [0.2, 0.25) is 0 Å². The summed E-state index contributed by atoms with van der Waals surface area (Å²) < 4.78 is 0. The first-order valence-electron chi connectivity index (χ1n) is 4.54. The molecule has 2 fully saturated rings. The first-order chi connectivity index (χ1) is 5.42. The predicted molar refractivity (Wildman–Crippen MR) is 43.0 cm³/mol. The van der Waals surface area contributed by atoms with Crippen LogP contribution in [0.25, 0.3) is 0 Å². The molecule has 0 amide bonds. The Labute approximate surface area is 67.8 Å². The molecule has 0 unspecified atom stereocenters. The maximum Gasteiger partial charge on any atom is 0.0870 e. The van der Waals surface area contributed by atoms with Crippen molar-refractivity contribution < 1.29 is 0 Å². The molecule has 0 bridgehead atoms. The average Bonchev–Trinajstić information content (AvgIpc) is 2.63. The van der Waals surface area contributed by atoms with Crippen LogP contribution < -0.4 is 0 Å². The molecule has 0 radical (unpaired) electrons. The second-order valence-corrected chi connectivity index (χ2v) is 3.65. The fraction of sp³-hybridized carbons (Fsp3) is 0.889. The van der Waals surface area contributed by atoms with Crippen LogP contribution in [0.1, 0.15) is 32.1 Å². The van der Waals surface area contributed by atoms with Gasteiger partial charge in [0.05, 0.1) is 12.6 Å². The van der Waals surface area contributed by atoms with Crippen LogP contribution in [0.15, 0.2) is 0 Å². The Morgan fingerprint density at radius 3 is 2.18 bits per heavy atom. The highest BCUT2D eigenvalue weighted by molar-refractivity contribution is 4.95. The summed E-state index contributed by atoms with van der Waals surface area (Å²) >= 11 is 0. The van der Waals surface area contributed by atoms with E-state index in [0.717, 1.165) is 12.1 Å². The van der Waals surface area contributed by atoms with Crippen LogP contribution in [-0.4, -0.2) is 23.5 Å². The predicted octanol–water partition coefficient (Wildman–Crippen LogP) is 1.53. The van der Waals surface area contributed by atoms with E-state index in [2.05, 4.69) is 11.0 Å². The normalized spacial score (nSPS) is 24.7. The van der Waals surface area contributed by atoms with Crippen molar-refractivity contribution in [3.8, 4) is 6.07 Å². The quantitative estimate of drug-likeness (QED) is 0.570. The molecule has 0 N–H and O–H groups in total. The van der Waals surface area contributed by atoms with Gasteiger partial charge in [0.15, 0.2) is 0 Å². The lowest BCUT2D eigenvalue weighted by molar-refractivity contribution is 0.135. The van der Waals surface area contributed by atoms with Gasteiger partial charge >= 0.3 is 0 Å². The van der Waals surface area contributed by atoms with Crippen molar-refractivity contribution in [2.24, 2.45) is 0 Å². The van der Waals surface area contributed by atoms with Gasteiger partial charge in [0.1, 0.15) is 0 Å². The second kappa shape index (κ2) is 2.83. The molecule has 2 aliphatic carbocycles. The zero-order chi connectivity index (χ0) is 7.68. The smallest absolute Gasteiger partial charge is 0.0870 e. The summed E-state index contributed by atoms with van der Waals surface area (Å²) in [4.78, 5) is 2.41. The fourth-order valence-corrected chi connectivity index (χ4v) is 1.76. The van der Waals surface area contributed by atoms with Crippen LogP contribution in [0.5, 0.6) is 0 Å². The highest BCUT2D eigenvalue weighted by atomic mass is 15.2. The molecule has 0 aliphatic heterocycles. The Morgan fingerprint density at radius 1 is 1.18 bits per heavy atom. The lowest BCUT2D eigenvalue weighted by atomic mass is 9.91. The van der Waals surface area contributed by atoms with Gasteiger partial charge in [0, 0.05) is 12.1 Å². The molecular formula is C9H14N2. The van der Waals surface area contributed by atoms with E-state index in [-0.39, 0.29) is 0 Å². The lowest BCUT2D eigenvalue weighted by Gasteiger charge is -2.36. The summed E-state index contributed by atoms with van der Waals surface area (Å²) in [6.45, 7) is 0.662. The van der Waals surface area contributed by atoms with E-state index in [1.165, 1.54) is 32.1 Å². The first-order valence-corrected chi connectivity index (χ1v) is 4.54. The van der Waals surface area contributed by atoms with E-state index in [1.54, 1.807) is 0 Å². The Morgan fingerprint density at radius 2 is 1.82 bits per heavy atom. The van der Waals surface area contributed by atoms with Crippen molar-refractivity contribution in [2.75, 3.05) is 6.54 Å². The summed E-state index contributed by atoms with van der Waals surface area (Å²) in [5.41, 5.74) is 0. The Hall–Kier alpha value is -0.550. The minimum absolute atomic E-state index is 0.662. The number of nitrogens with zero attached hydrogens (tertiary/aromatic N) is 2. The maximum absolute atomic E-state index is 8.59. The molecule has 2 nitrogen and oxygen atoms in total. The summed E-state index contributed by atoms with van der Waals surface area (Å²) in [5.74, 6) is 0. The average molecular weight is 150 g/mol. The second-order valence-electron chi connectivity index (χ2n) is 3.65. The molecule has 0 aromatic rings. The third kappa shape index (κ3) is 1.39. The minimum atomic E-state index is 0.662. The van der Waals surface area contributed by atoms with E-state index in [1.807, 2.05) is 0 Å². The molecule has 2 saturated carbocycles. The number of hydrogen-bond acceptors (Lipinski definition) is 2. The van der Waals surface area contributed by atoms with Gasteiger partial charge in [0.2, 0.25) is 0 Å². The molecule has 2 aliphatic rings. The molecule has 11 heavy (non-hydrogen) atoms.